The van der Waals surface area contributed by atoms with Crippen LogP contribution >= 0.6 is 0 Å². The van der Waals surface area contributed by atoms with Crippen LogP contribution in [0.1, 0.15) is 12.1 Å². The Kier molecular flexibility index (Phi) is 4.44. The van der Waals surface area contributed by atoms with Crippen LogP contribution in [0.15, 0.2) is 24.4 Å². The summed E-state index contributed by atoms with van der Waals surface area (Å²) in [6.45, 7) is -0.263. The first-order chi connectivity index (χ1) is 7.59. The van der Waals surface area contributed by atoms with E-state index in [2.05, 4.69) is 4.98 Å². The van der Waals surface area contributed by atoms with Gasteiger partial charge < -0.3 is 10.0 Å². The number of carboxylic acids is 1. The maximum absolute atomic E-state index is 11.5. The van der Waals surface area contributed by atoms with Gasteiger partial charge in [-0.3, -0.25) is 14.6 Å². The highest BCUT2D eigenvalue weighted by molar-refractivity contribution is 5.81. The number of aryl methyl sites for hydroxylation is 1. The molecule has 1 aromatic rings. The number of hydrogen-bond donors (Lipinski definition) is 1. The molecule has 0 aliphatic rings. The third-order valence-corrected chi connectivity index (χ3v) is 2.12. The Morgan fingerprint density at radius 1 is 1.44 bits per heavy atom. The van der Waals surface area contributed by atoms with E-state index in [9.17, 15) is 9.59 Å². The second-order valence-corrected chi connectivity index (χ2v) is 3.46. The Morgan fingerprint density at radius 3 is 2.75 bits per heavy atom. The number of aliphatic carboxylic acids is 1. The van der Waals surface area contributed by atoms with Gasteiger partial charge >= 0.3 is 5.97 Å². The van der Waals surface area contributed by atoms with Gasteiger partial charge in [-0.15, -0.1) is 0 Å². The van der Waals surface area contributed by atoms with E-state index in [0.29, 0.717) is 6.42 Å². The van der Waals surface area contributed by atoms with Crippen molar-refractivity contribution in [1.29, 1.82) is 0 Å². The summed E-state index contributed by atoms with van der Waals surface area (Å²) < 4.78 is 0. The van der Waals surface area contributed by atoms with Crippen LogP contribution in [0.2, 0.25) is 0 Å². The summed E-state index contributed by atoms with van der Waals surface area (Å²) in [6, 6.07) is 5.50. The van der Waals surface area contributed by atoms with Crippen LogP contribution in [0.5, 0.6) is 0 Å². The predicted molar refractivity (Wildman–Crippen MR) is 57.8 cm³/mol. The molecule has 5 nitrogen and oxygen atoms in total. The molecular formula is C11H14N2O3. The van der Waals surface area contributed by atoms with Gasteiger partial charge in [-0.05, 0) is 18.6 Å². The fourth-order valence-electron chi connectivity index (χ4n) is 1.26. The lowest BCUT2D eigenvalue weighted by Crippen LogP contribution is -2.32. The number of nitrogens with zero attached hydrogens (tertiary/aromatic N) is 2. The van der Waals surface area contributed by atoms with Gasteiger partial charge in [0, 0.05) is 25.4 Å². The van der Waals surface area contributed by atoms with E-state index in [-0.39, 0.29) is 18.9 Å². The smallest absolute Gasteiger partial charge is 0.323 e. The monoisotopic (exact) mass is 222 g/mol. The van der Waals surface area contributed by atoms with Crippen LogP contribution in [-0.2, 0) is 16.0 Å². The molecule has 0 aromatic carbocycles. The fourth-order valence-corrected chi connectivity index (χ4v) is 1.26. The van der Waals surface area contributed by atoms with Crippen LogP contribution in [0.3, 0.4) is 0 Å². The summed E-state index contributed by atoms with van der Waals surface area (Å²) in [5, 5.41) is 8.51. The summed E-state index contributed by atoms with van der Waals surface area (Å²) in [4.78, 5) is 27.2. The van der Waals surface area contributed by atoms with Gasteiger partial charge in [-0.1, -0.05) is 6.07 Å². The van der Waals surface area contributed by atoms with Crippen LogP contribution in [0, 0.1) is 0 Å². The molecule has 0 atom stereocenters. The highest BCUT2D eigenvalue weighted by Gasteiger charge is 2.11. The molecule has 0 saturated carbocycles. The van der Waals surface area contributed by atoms with Gasteiger partial charge in [-0.2, -0.15) is 0 Å². The van der Waals surface area contributed by atoms with E-state index in [1.807, 2.05) is 18.2 Å². The minimum absolute atomic E-state index is 0.187. The molecule has 1 heterocycles. The van der Waals surface area contributed by atoms with E-state index in [4.69, 9.17) is 5.11 Å². The number of aromatic nitrogens is 1. The van der Waals surface area contributed by atoms with Crippen LogP contribution < -0.4 is 0 Å². The zero-order chi connectivity index (χ0) is 12.0. The molecule has 1 amide bonds. The lowest BCUT2D eigenvalue weighted by atomic mass is 10.2. The number of hydrogen-bond acceptors (Lipinski definition) is 3. The molecule has 0 radical (unpaired) electrons. The number of carbonyl (C=O) groups is 2. The number of carboxylic acid groups (broad SMARTS) is 1. The van der Waals surface area contributed by atoms with Crippen molar-refractivity contribution in [3.8, 4) is 0 Å². The van der Waals surface area contributed by atoms with Crippen molar-refractivity contribution in [3.63, 3.8) is 0 Å². The number of amides is 1. The lowest BCUT2D eigenvalue weighted by molar-refractivity contribution is -0.143. The van der Waals surface area contributed by atoms with Gasteiger partial charge in [0.25, 0.3) is 0 Å². The van der Waals surface area contributed by atoms with Crippen LogP contribution in [0.25, 0.3) is 0 Å². The topological polar surface area (TPSA) is 70.5 Å². The molecule has 0 aliphatic carbocycles. The molecule has 1 rings (SSSR count). The molecule has 1 aromatic heterocycles. The largest absolute Gasteiger partial charge is 0.480 e. The van der Waals surface area contributed by atoms with Crippen molar-refractivity contribution in [2.24, 2.45) is 0 Å². The average Bonchev–Trinajstić information content (AvgIpc) is 2.26. The predicted octanol–water partition coefficient (Wildman–Crippen LogP) is 0.557. The first-order valence-corrected chi connectivity index (χ1v) is 4.95. The maximum Gasteiger partial charge on any atom is 0.323 e. The minimum atomic E-state index is -1.01. The molecule has 0 unspecified atom stereocenters. The molecule has 0 fully saturated rings. The van der Waals surface area contributed by atoms with E-state index < -0.39 is 5.97 Å². The van der Waals surface area contributed by atoms with Gasteiger partial charge in [0.1, 0.15) is 6.54 Å². The Bertz CT molecular complexity index is 365. The van der Waals surface area contributed by atoms with Crippen molar-refractivity contribution in [3.05, 3.63) is 30.1 Å². The molecule has 86 valence electrons. The SMILES string of the molecule is CN(CC(=O)O)C(=O)CCc1ccccn1. The summed E-state index contributed by atoms with van der Waals surface area (Å²) in [5.41, 5.74) is 0.833. The van der Waals surface area contributed by atoms with Gasteiger partial charge in [0.05, 0.1) is 0 Å². The van der Waals surface area contributed by atoms with Gasteiger partial charge in [0.15, 0.2) is 0 Å². The molecule has 0 aliphatic heterocycles. The quantitative estimate of drug-likeness (QED) is 0.790. The molecule has 0 bridgehead atoms. The van der Waals surface area contributed by atoms with Crippen molar-refractivity contribution in [2.75, 3.05) is 13.6 Å². The van der Waals surface area contributed by atoms with Crippen molar-refractivity contribution in [2.45, 2.75) is 12.8 Å². The zero-order valence-electron chi connectivity index (χ0n) is 9.09. The Balaban J connectivity index is 2.38. The summed E-state index contributed by atoms with van der Waals surface area (Å²) in [6.07, 6.45) is 2.48. The second-order valence-electron chi connectivity index (χ2n) is 3.46. The highest BCUT2D eigenvalue weighted by Crippen LogP contribution is 2.00. The normalized spacial score (nSPS) is 9.81. The van der Waals surface area contributed by atoms with Gasteiger partial charge in [0.2, 0.25) is 5.91 Å². The zero-order valence-corrected chi connectivity index (χ0v) is 9.09. The van der Waals surface area contributed by atoms with E-state index in [1.54, 1.807) is 6.20 Å². The fraction of sp³-hybridized carbons (Fsp3) is 0.364. The maximum atomic E-state index is 11.5. The van der Waals surface area contributed by atoms with Crippen molar-refractivity contribution < 1.29 is 14.7 Å². The molecule has 5 heteroatoms. The number of likely N-dealkylation sites (N-methyl/N-ethyl adjacent to an activating group) is 1. The van der Waals surface area contributed by atoms with Crippen molar-refractivity contribution in [1.82, 2.24) is 9.88 Å². The number of pyridine rings is 1. The van der Waals surface area contributed by atoms with Gasteiger partial charge in [-0.25, -0.2) is 0 Å². The first-order valence-electron chi connectivity index (χ1n) is 4.95. The first kappa shape index (κ1) is 12.2. The number of rotatable bonds is 5. The highest BCUT2D eigenvalue weighted by atomic mass is 16.4. The van der Waals surface area contributed by atoms with E-state index in [0.717, 1.165) is 5.69 Å². The molecule has 0 spiro atoms. The number of carbonyl (C=O) groups excluding carboxylic acids is 1. The Hall–Kier alpha value is -1.91. The van der Waals surface area contributed by atoms with E-state index in [1.165, 1.54) is 11.9 Å². The molecule has 16 heavy (non-hydrogen) atoms. The van der Waals surface area contributed by atoms with E-state index >= 15 is 0 Å². The Morgan fingerprint density at radius 2 is 2.19 bits per heavy atom. The average molecular weight is 222 g/mol. The Labute approximate surface area is 93.7 Å². The molecule has 0 saturated heterocycles. The second kappa shape index (κ2) is 5.85. The molecule has 1 N–H and O–H groups in total. The summed E-state index contributed by atoms with van der Waals surface area (Å²) in [5.74, 6) is -1.19. The summed E-state index contributed by atoms with van der Waals surface area (Å²) >= 11 is 0. The lowest BCUT2D eigenvalue weighted by Gasteiger charge is -2.13. The van der Waals surface area contributed by atoms with Crippen molar-refractivity contribution >= 4 is 11.9 Å². The minimum Gasteiger partial charge on any atom is -0.480 e. The standard InChI is InChI=1S/C11H14N2O3/c1-13(8-11(15)16)10(14)6-5-9-4-2-3-7-12-9/h2-4,7H,5-6,8H2,1H3,(H,15,16). The third-order valence-electron chi connectivity index (χ3n) is 2.12. The molecular weight excluding hydrogens is 208 g/mol. The van der Waals surface area contributed by atoms with Crippen LogP contribution in [-0.4, -0.2) is 40.5 Å². The third kappa shape index (κ3) is 4.08. The van der Waals surface area contributed by atoms with Crippen LogP contribution in [0.4, 0.5) is 0 Å². The summed E-state index contributed by atoms with van der Waals surface area (Å²) in [7, 11) is 1.48.